The van der Waals surface area contributed by atoms with E-state index in [0.717, 1.165) is 29.7 Å². The van der Waals surface area contributed by atoms with Crippen molar-refractivity contribution in [2.24, 2.45) is 0 Å². The summed E-state index contributed by atoms with van der Waals surface area (Å²) < 4.78 is 0. The van der Waals surface area contributed by atoms with Gasteiger partial charge < -0.3 is 4.90 Å². The Morgan fingerprint density at radius 1 is 1.28 bits per heavy atom. The van der Waals surface area contributed by atoms with Crippen molar-refractivity contribution in [3.8, 4) is 10.4 Å². The molecule has 0 spiro atoms. The molecule has 1 amide bonds. The summed E-state index contributed by atoms with van der Waals surface area (Å²) in [7, 11) is 1.93. The normalized spacial score (nSPS) is 25.4. The highest BCUT2D eigenvalue weighted by molar-refractivity contribution is 7.18. The fourth-order valence-electron chi connectivity index (χ4n) is 4.52. The molecule has 2 aromatic rings. The molecule has 130 valence electrons. The van der Waals surface area contributed by atoms with E-state index in [9.17, 15) is 14.9 Å². The number of nitro groups is 1. The number of hydrogen-bond acceptors (Lipinski definition) is 4. The van der Waals surface area contributed by atoms with Crippen molar-refractivity contribution in [3.05, 3.63) is 51.6 Å². The zero-order valence-corrected chi connectivity index (χ0v) is 15.1. The number of hydrogen-bond donors (Lipinski definition) is 0. The van der Waals surface area contributed by atoms with Crippen LogP contribution in [0.5, 0.6) is 0 Å². The predicted molar refractivity (Wildman–Crippen MR) is 97.9 cm³/mol. The van der Waals surface area contributed by atoms with Gasteiger partial charge in [-0.2, -0.15) is 0 Å². The molecule has 2 atom stereocenters. The van der Waals surface area contributed by atoms with Crippen molar-refractivity contribution in [1.82, 2.24) is 4.90 Å². The molecule has 0 bridgehead atoms. The Morgan fingerprint density at radius 2 is 2.08 bits per heavy atom. The van der Waals surface area contributed by atoms with Gasteiger partial charge in [-0.3, -0.25) is 14.9 Å². The maximum atomic E-state index is 12.1. The highest BCUT2D eigenvalue weighted by atomic mass is 32.1. The van der Waals surface area contributed by atoms with Crippen LogP contribution in [0.15, 0.2) is 30.3 Å². The smallest absolute Gasteiger partial charge is 0.324 e. The summed E-state index contributed by atoms with van der Waals surface area (Å²) in [5, 5.41) is 11.1. The summed E-state index contributed by atoms with van der Waals surface area (Å²) in [6, 6.07) is 10.1. The van der Waals surface area contributed by atoms with E-state index in [1.54, 1.807) is 6.07 Å². The molecule has 1 aromatic carbocycles. The van der Waals surface area contributed by atoms with Crippen molar-refractivity contribution < 1.29 is 9.72 Å². The topological polar surface area (TPSA) is 63.5 Å². The standard InChI is InChI=1S/C19H20N2O3S/c1-19-10-9-17(22)20(2)16(19)7-4-12-11-13(3-5-14(12)19)15-6-8-18(25-15)21(23)24/h3,5-6,8,11,16H,4,7,9-10H2,1-2H3/t16-,19-/m1/s1. The Hall–Kier alpha value is -2.21. The van der Waals surface area contributed by atoms with Crippen LogP contribution in [0.2, 0.25) is 0 Å². The predicted octanol–water partition coefficient (Wildman–Crippen LogP) is 4.15. The van der Waals surface area contributed by atoms with Crippen LogP contribution in [-0.2, 0) is 16.6 Å². The Morgan fingerprint density at radius 3 is 2.80 bits per heavy atom. The van der Waals surface area contributed by atoms with Gasteiger partial charge in [0.25, 0.3) is 0 Å². The van der Waals surface area contributed by atoms with Gasteiger partial charge in [0.15, 0.2) is 0 Å². The summed E-state index contributed by atoms with van der Waals surface area (Å²) in [6.45, 7) is 2.27. The highest BCUT2D eigenvalue weighted by Crippen LogP contribution is 2.46. The van der Waals surface area contributed by atoms with Crippen molar-refractivity contribution in [2.75, 3.05) is 7.05 Å². The molecule has 1 fully saturated rings. The van der Waals surface area contributed by atoms with Crippen molar-refractivity contribution in [3.63, 3.8) is 0 Å². The molecule has 5 nitrogen and oxygen atoms in total. The number of amides is 1. The van der Waals surface area contributed by atoms with E-state index >= 15 is 0 Å². The lowest BCUT2D eigenvalue weighted by Gasteiger charge is -2.50. The second kappa shape index (κ2) is 5.66. The molecule has 0 radical (unpaired) electrons. The van der Waals surface area contributed by atoms with Crippen LogP contribution in [0.4, 0.5) is 5.00 Å². The molecule has 6 heteroatoms. The maximum Gasteiger partial charge on any atom is 0.324 e. The number of likely N-dealkylation sites (N-methyl/N-ethyl adjacent to an activating group) is 1. The van der Waals surface area contributed by atoms with Crippen LogP contribution in [0.25, 0.3) is 10.4 Å². The van der Waals surface area contributed by atoms with Gasteiger partial charge in [0, 0.05) is 35.9 Å². The largest absolute Gasteiger partial charge is 0.342 e. The number of rotatable bonds is 2. The first-order valence-electron chi connectivity index (χ1n) is 8.54. The molecule has 1 saturated heterocycles. The third kappa shape index (κ3) is 2.47. The Bertz CT molecular complexity index is 875. The number of fused-ring (bicyclic) bond motifs is 3. The molecule has 0 N–H and O–H groups in total. The molecule has 1 aromatic heterocycles. The minimum absolute atomic E-state index is 0.00375. The maximum absolute atomic E-state index is 12.1. The molecule has 0 saturated carbocycles. The summed E-state index contributed by atoms with van der Waals surface area (Å²) in [6.07, 6.45) is 3.40. The number of piperidine rings is 1. The number of thiophene rings is 1. The van der Waals surface area contributed by atoms with Crippen molar-refractivity contribution in [2.45, 2.75) is 44.1 Å². The van der Waals surface area contributed by atoms with Gasteiger partial charge in [0.2, 0.25) is 5.91 Å². The SMILES string of the molecule is CN1C(=O)CC[C@]2(C)c3ccc(-c4ccc([N+](=O)[O-])s4)cc3CC[C@@H]12. The van der Waals surface area contributed by atoms with Crippen LogP contribution in [-0.4, -0.2) is 28.8 Å². The molecule has 1 aliphatic heterocycles. The number of likely N-dealkylation sites (tertiary alicyclic amines) is 1. The minimum Gasteiger partial charge on any atom is -0.342 e. The van der Waals surface area contributed by atoms with Crippen LogP contribution in [0, 0.1) is 10.1 Å². The first-order valence-corrected chi connectivity index (χ1v) is 9.35. The zero-order chi connectivity index (χ0) is 17.8. The van der Waals surface area contributed by atoms with E-state index in [1.165, 1.54) is 22.5 Å². The van der Waals surface area contributed by atoms with Gasteiger partial charge in [-0.1, -0.05) is 36.5 Å². The van der Waals surface area contributed by atoms with Gasteiger partial charge in [-0.25, -0.2) is 0 Å². The van der Waals surface area contributed by atoms with Gasteiger partial charge in [0.05, 0.1) is 4.92 Å². The zero-order valence-electron chi connectivity index (χ0n) is 14.3. The third-order valence-electron chi connectivity index (χ3n) is 5.92. The molecular weight excluding hydrogens is 336 g/mol. The monoisotopic (exact) mass is 356 g/mol. The summed E-state index contributed by atoms with van der Waals surface area (Å²) in [4.78, 5) is 25.5. The molecule has 1 aliphatic carbocycles. The lowest BCUT2D eigenvalue weighted by atomic mass is 9.63. The van der Waals surface area contributed by atoms with E-state index in [-0.39, 0.29) is 27.3 Å². The molecule has 0 unspecified atom stereocenters. The highest BCUT2D eigenvalue weighted by Gasteiger charge is 2.46. The quantitative estimate of drug-likeness (QED) is 0.600. The Balaban J connectivity index is 1.72. The number of carbonyl (C=O) groups is 1. The molecular formula is C19H20N2O3S. The second-order valence-corrected chi connectivity index (χ2v) is 8.31. The molecule has 4 rings (SSSR count). The third-order valence-corrected chi connectivity index (χ3v) is 7.00. The lowest BCUT2D eigenvalue weighted by Crippen LogP contribution is -2.56. The van der Waals surface area contributed by atoms with E-state index in [4.69, 9.17) is 0 Å². The van der Waals surface area contributed by atoms with Crippen LogP contribution >= 0.6 is 11.3 Å². The van der Waals surface area contributed by atoms with E-state index < -0.39 is 0 Å². The number of carbonyl (C=O) groups excluding carboxylic acids is 1. The lowest BCUT2D eigenvalue weighted by molar-refractivity contribution is -0.380. The summed E-state index contributed by atoms with van der Waals surface area (Å²) >= 11 is 1.22. The van der Waals surface area contributed by atoms with Gasteiger partial charge in [0.1, 0.15) is 0 Å². The average Bonchev–Trinajstić information content (AvgIpc) is 3.09. The Kier molecular flexibility index (Phi) is 3.68. The number of aryl methyl sites for hydroxylation is 1. The first-order chi connectivity index (χ1) is 11.9. The Labute approximate surface area is 150 Å². The number of nitrogens with zero attached hydrogens (tertiary/aromatic N) is 2. The fourth-order valence-corrected chi connectivity index (χ4v) is 5.34. The second-order valence-electron chi connectivity index (χ2n) is 7.24. The van der Waals surface area contributed by atoms with Crippen LogP contribution in [0.1, 0.15) is 37.3 Å². The average molecular weight is 356 g/mol. The number of benzene rings is 1. The van der Waals surface area contributed by atoms with Crippen molar-refractivity contribution in [1.29, 1.82) is 0 Å². The van der Waals surface area contributed by atoms with Crippen LogP contribution in [0.3, 0.4) is 0 Å². The van der Waals surface area contributed by atoms with Gasteiger partial charge >= 0.3 is 5.00 Å². The van der Waals surface area contributed by atoms with E-state index in [0.29, 0.717) is 6.42 Å². The molecule has 25 heavy (non-hydrogen) atoms. The van der Waals surface area contributed by atoms with E-state index in [2.05, 4.69) is 25.1 Å². The fraction of sp³-hybridized carbons (Fsp3) is 0.421. The van der Waals surface area contributed by atoms with Gasteiger partial charge in [-0.05, 0) is 42.0 Å². The van der Waals surface area contributed by atoms with Crippen LogP contribution < -0.4 is 0 Å². The van der Waals surface area contributed by atoms with Crippen molar-refractivity contribution >= 4 is 22.2 Å². The summed E-state index contributed by atoms with van der Waals surface area (Å²) in [5.74, 6) is 0.244. The minimum atomic E-state index is -0.340. The summed E-state index contributed by atoms with van der Waals surface area (Å²) in [5.41, 5.74) is 3.68. The molecule has 2 aliphatic rings. The van der Waals surface area contributed by atoms with Gasteiger partial charge in [-0.15, -0.1) is 0 Å². The van der Waals surface area contributed by atoms with E-state index in [1.807, 2.05) is 18.0 Å². The molecule has 2 heterocycles. The first kappa shape index (κ1) is 16.3.